The Morgan fingerprint density at radius 3 is 2.23 bits per heavy atom. The smallest absolute Gasteiger partial charge is 0.410 e. The van der Waals surface area contributed by atoms with E-state index in [4.69, 9.17) is 9.47 Å². The summed E-state index contributed by atoms with van der Waals surface area (Å²) in [4.78, 5) is 19.0. The zero-order valence-corrected chi connectivity index (χ0v) is 19.4. The maximum atomic E-state index is 12.6. The van der Waals surface area contributed by atoms with Crippen molar-refractivity contribution in [3.05, 3.63) is 0 Å². The first-order valence-electron chi connectivity index (χ1n) is 12.0. The Bertz CT molecular complexity index is 567. The molecule has 172 valence electrons. The maximum absolute atomic E-state index is 12.6. The van der Waals surface area contributed by atoms with Gasteiger partial charge in [0.15, 0.2) is 5.96 Å². The van der Waals surface area contributed by atoms with Crippen LogP contribution in [0.5, 0.6) is 0 Å². The third-order valence-corrected chi connectivity index (χ3v) is 6.45. The van der Waals surface area contributed by atoms with Gasteiger partial charge in [0.2, 0.25) is 0 Å². The van der Waals surface area contributed by atoms with Crippen molar-refractivity contribution < 1.29 is 14.3 Å². The Hall–Kier alpha value is -1.50. The van der Waals surface area contributed by atoms with Crippen molar-refractivity contribution in [2.24, 2.45) is 4.99 Å². The molecule has 7 nitrogen and oxygen atoms in total. The number of carbonyl (C=O) groups excluding carboxylic acids is 1. The Balaban J connectivity index is 1.40. The van der Waals surface area contributed by atoms with Crippen molar-refractivity contribution in [2.45, 2.75) is 115 Å². The lowest BCUT2D eigenvalue weighted by molar-refractivity contribution is 0.00541. The quantitative estimate of drug-likeness (QED) is 0.305. The van der Waals surface area contributed by atoms with Crippen LogP contribution < -0.4 is 10.6 Å². The molecule has 2 aliphatic heterocycles. The largest absolute Gasteiger partial charge is 0.444 e. The predicted octanol–water partition coefficient (Wildman–Crippen LogP) is 3.82. The molecule has 2 bridgehead atoms. The van der Waals surface area contributed by atoms with Gasteiger partial charge in [-0.05, 0) is 59.3 Å². The fraction of sp³-hybridized carbons (Fsp3) is 0.913. The van der Waals surface area contributed by atoms with Crippen molar-refractivity contribution in [3.8, 4) is 0 Å². The molecule has 2 heterocycles. The number of ether oxygens (including phenoxy) is 2. The fourth-order valence-corrected chi connectivity index (χ4v) is 5.10. The molecule has 30 heavy (non-hydrogen) atoms. The normalized spacial score (nSPS) is 28.2. The van der Waals surface area contributed by atoms with E-state index in [1.807, 2.05) is 32.7 Å². The number of nitrogens with zero attached hydrogens (tertiary/aromatic N) is 2. The van der Waals surface area contributed by atoms with E-state index in [0.717, 1.165) is 38.2 Å². The molecule has 2 unspecified atom stereocenters. The van der Waals surface area contributed by atoms with Gasteiger partial charge in [-0.25, -0.2) is 4.79 Å². The monoisotopic (exact) mass is 422 g/mol. The van der Waals surface area contributed by atoms with E-state index >= 15 is 0 Å². The Morgan fingerprint density at radius 2 is 1.67 bits per heavy atom. The molecule has 3 fully saturated rings. The number of guanidine groups is 1. The molecule has 0 aromatic heterocycles. The highest BCUT2D eigenvalue weighted by Crippen LogP contribution is 2.36. The number of hydrogen-bond donors (Lipinski definition) is 2. The molecule has 0 spiro atoms. The van der Waals surface area contributed by atoms with Gasteiger partial charge >= 0.3 is 6.09 Å². The third-order valence-electron chi connectivity index (χ3n) is 6.45. The summed E-state index contributed by atoms with van der Waals surface area (Å²) in [6, 6.07) is 0.843. The summed E-state index contributed by atoms with van der Waals surface area (Å²) in [6.07, 6.45) is 12.0. The van der Waals surface area contributed by atoms with Crippen molar-refractivity contribution in [3.63, 3.8) is 0 Å². The second-order valence-corrected chi connectivity index (χ2v) is 10.1. The first-order valence-corrected chi connectivity index (χ1v) is 12.0. The van der Waals surface area contributed by atoms with Crippen molar-refractivity contribution in [1.29, 1.82) is 0 Å². The van der Waals surface area contributed by atoms with Gasteiger partial charge in [-0.2, -0.15) is 0 Å². The number of piperidine rings is 1. The van der Waals surface area contributed by atoms with Gasteiger partial charge in [0.1, 0.15) is 5.60 Å². The third kappa shape index (κ3) is 6.76. The average Bonchev–Trinajstić information content (AvgIpc) is 2.86. The van der Waals surface area contributed by atoms with Gasteiger partial charge in [-0.1, -0.05) is 25.7 Å². The van der Waals surface area contributed by atoms with Crippen LogP contribution in [0.4, 0.5) is 4.79 Å². The lowest BCUT2D eigenvalue weighted by Gasteiger charge is -2.40. The molecular formula is C23H42N4O3. The number of rotatable bonds is 5. The highest BCUT2D eigenvalue weighted by atomic mass is 16.6. The number of fused-ring (bicyclic) bond motifs is 2. The van der Waals surface area contributed by atoms with E-state index in [2.05, 4.69) is 15.6 Å². The molecule has 7 heteroatoms. The standard InChI is InChI=1S/C23H42N4O3/c1-23(2,3)30-22(28)27-18-11-12-19(27)16-17(15-18)26-21(24-4)25-13-14-29-20-9-7-5-6-8-10-20/h17-20H,5-16H2,1-4H3,(H2,24,25,26). The first kappa shape index (κ1) is 23.2. The molecule has 2 saturated heterocycles. The van der Waals surface area contributed by atoms with Crippen LogP contribution in [0, 0.1) is 0 Å². The van der Waals surface area contributed by atoms with E-state index in [1.165, 1.54) is 38.5 Å². The molecule has 1 amide bonds. The van der Waals surface area contributed by atoms with Gasteiger partial charge in [0.25, 0.3) is 0 Å². The van der Waals surface area contributed by atoms with E-state index in [9.17, 15) is 4.79 Å². The number of aliphatic imine (C=N–C) groups is 1. The fourth-order valence-electron chi connectivity index (χ4n) is 5.10. The molecule has 3 rings (SSSR count). The van der Waals surface area contributed by atoms with Crippen LogP contribution >= 0.6 is 0 Å². The number of hydrogen-bond acceptors (Lipinski definition) is 4. The SMILES string of the molecule is CN=C(NCCOC1CCCCCC1)NC1CC2CCC(C1)N2C(=O)OC(C)(C)C. The molecule has 2 N–H and O–H groups in total. The number of nitrogens with one attached hydrogen (secondary N) is 2. The van der Waals surface area contributed by atoms with Gasteiger partial charge < -0.3 is 25.0 Å². The average molecular weight is 423 g/mol. The highest BCUT2D eigenvalue weighted by molar-refractivity contribution is 5.80. The molecule has 1 aliphatic carbocycles. The molecule has 0 radical (unpaired) electrons. The zero-order valence-electron chi connectivity index (χ0n) is 19.4. The topological polar surface area (TPSA) is 75.2 Å². The van der Waals surface area contributed by atoms with Crippen LogP contribution in [0.15, 0.2) is 4.99 Å². The molecule has 0 aromatic carbocycles. The second-order valence-electron chi connectivity index (χ2n) is 10.1. The summed E-state index contributed by atoms with van der Waals surface area (Å²) in [5.74, 6) is 0.828. The first-order chi connectivity index (χ1) is 14.4. The van der Waals surface area contributed by atoms with Gasteiger partial charge in [0, 0.05) is 31.7 Å². The Kier molecular flexibility index (Phi) is 8.26. The Morgan fingerprint density at radius 1 is 1.03 bits per heavy atom. The van der Waals surface area contributed by atoms with Gasteiger partial charge in [0.05, 0.1) is 12.7 Å². The van der Waals surface area contributed by atoms with Crippen LogP contribution in [0.3, 0.4) is 0 Å². The molecule has 0 aromatic rings. The minimum Gasteiger partial charge on any atom is -0.444 e. The van der Waals surface area contributed by atoms with E-state index in [-0.39, 0.29) is 18.2 Å². The van der Waals surface area contributed by atoms with Gasteiger partial charge in [-0.15, -0.1) is 0 Å². The molecular weight excluding hydrogens is 380 g/mol. The zero-order chi connectivity index (χ0) is 21.6. The minimum absolute atomic E-state index is 0.161. The summed E-state index contributed by atoms with van der Waals surface area (Å²) < 4.78 is 11.7. The summed E-state index contributed by atoms with van der Waals surface area (Å²) in [5, 5.41) is 6.96. The molecule has 1 saturated carbocycles. The number of carbonyl (C=O) groups is 1. The maximum Gasteiger partial charge on any atom is 0.410 e. The van der Waals surface area contributed by atoms with Gasteiger partial charge in [-0.3, -0.25) is 4.99 Å². The number of amides is 1. The van der Waals surface area contributed by atoms with Crippen molar-refractivity contribution >= 4 is 12.1 Å². The lowest BCUT2D eigenvalue weighted by Crippen LogP contribution is -2.55. The lowest BCUT2D eigenvalue weighted by atomic mass is 9.98. The predicted molar refractivity (Wildman–Crippen MR) is 120 cm³/mol. The molecule has 2 atom stereocenters. The summed E-state index contributed by atoms with van der Waals surface area (Å²) >= 11 is 0. The van der Waals surface area contributed by atoms with Crippen molar-refractivity contribution in [1.82, 2.24) is 15.5 Å². The van der Waals surface area contributed by atoms with Crippen LogP contribution in [-0.2, 0) is 9.47 Å². The highest BCUT2D eigenvalue weighted by Gasteiger charge is 2.45. The summed E-state index contributed by atoms with van der Waals surface area (Å²) in [6.45, 7) is 7.26. The second kappa shape index (κ2) is 10.7. The van der Waals surface area contributed by atoms with E-state index in [1.54, 1.807) is 0 Å². The Labute approximate surface area is 182 Å². The van der Waals surface area contributed by atoms with E-state index < -0.39 is 5.60 Å². The van der Waals surface area contributed by atoms with Crippen LogP contribution in [0.1, 0.15) is 85.0 Å². The van der Waals surface area contributed by atoms with Crippen LogP contribution in [0.2, 0.25) is 0 Å². The minimum atomic E-state index is -0.448. The van der Waals surface area contributed by atoms with Crippen LogP contribution in [0.25, 0.3) is 0 Å². The summed E-state index contributed by atoms with van der Waals surface area (Å²) in [7, 11) is 1.81. The molecule has 3 aliphatic rings. The van der Waals surface area contributed by atoms with E-state index in [0.29, 0.717) is 18.8 Å². The van der Waals surface area contributed by atoms with Crippen molar-refractivity contribution in [2.75, 3.05) is 20.2 Å². The summed E-state index contributed by atoms with van der Waals surface area (Å²) in [5.41, 5.74) is -0.448. The van der Waals surface area contributed by atoms with Crippen LogP contribution in [-0.4, -0.2) is 67.0 Å².